The second kappa shape index (κ2) is 7.33. The lowest BCUT2D eigenvalue weighted by Gasteiger charge is -2.25. The topological polar surface area (TPSA) is 58.2 Å². The van der Waals surface area contributed by atoms with E-state index in [2.05, 4.69) is 10.0 Å². The zero-order valence-electron chi connectivity index (χ0n) is 13.2. The zero-order chi connectivity index (χ0) is 16.1. The van der Waals surface area contributed by atoms with Gasteiger partial charge >= 0.3 is 0 Å². The highest BCUT2D eigenvalue weighted by Gasteiger charge is 2.25. The summed E-state index contributed by atoms with van der Waals surface area (Å²) in [6.07, 6.45) is 1.61. The number of halogens is 1. The molecule has 0 heterocycles. The van der Waals surface area contributed by atoms with Crippen LogP contribution in [0.3, 0.4) is 0 Å². The number of hydrogen-bond donors (Lipinski definition) is 2. The molecular weight excluding hydrogens is 291 g/mol. The average molecular weight is 316 g/mol. The van der Waals surface area contributed by atoms with E-state index in [4.69, 9.17) is 0 Å². The summed E-state index contributed by atoms with van der Waals surface area (Å²) in [5.74, 6) is -0.400. The quantitative estimate of drug-likeness (QED) is 0.775. The second-order valence-electron chi connectivity index (χ2n) is 5.77. The first kappa shape index (κ1) is 18.1. The molecule has 4 nitrogen and oxygen atoms in total. The summed E-state index contributed by atoms with van der Waals surface area (Å²) in [5, 5.41) is 3.00. The van der Waals surface area contributed by atoms with Crippen molar-refractivity contribution in [3.05, 3.63) is 29.6 Å². The van der Waals surface area contributed by atoms with Crippen molar-refractivity contribution >= 4 is 10.0 Å². The minimum Gasteiger partial charge on any atom is -0.313 e. The Morgan fingerprint density at radius 3 is 2.48 bits per heavy atom. The lowest BCUT2D eigenvalue weighted by atomic mass is 10.0. The Bertz CT molecular complexity index is 571. The Labute approximate surface area is 127 Å². The molecule has 0 aliphatic rings. The third-order valence-electron chi connectivity index (χ3n) is 3.18. The van der Waals surface area contributed by atoms with Gasteiger partial charge in [0.1, 0.15) is 5.82 Å². The molecule has 0 aliphatic heterocycles. The Morgan fingerprint density at radius 2 is 1.90 bits per heavy atom. The van der Waals surface area contributed by atoms with Crippen molar-refractivity contribution in [2.75, 3.05) is 6.54 Å². The molecule has 0 amide bonds. The Hall–Kier alpha value is -0.980. The predicted molar refractivity (Wildman–Crippen MR) is 83.1 cm³/mol. The molecule has 2 N–H and O–H groups in total. The van der Waals surface area contributed by atoms with Crippen LogP contribution in [0.4, 0.5) is 4.39 Å². The molecule has 0 saturated heterocycles. The van der Waals surface area contributed by atoms with Crippen LogP contribution in [0.5, 0.6) is 0 Å². The van der Waals surface area contributed by atoms with E-state index in [0.717, 1.165) is 12.8 Å². The van der Waals surface area contributed by atoms with Gasteiger partial charge in [0, 0.05) is 17.6 Å². The highest BCUT2D eigenvalue weighted by Crippen LogP contribution is 2.19. The van der Waals surface area contributed by atoms with Crippen molar-refractivity contribution in [1.82, 2.24) is 10.0 Å². The van der Waals surface area contributed by atoms with E-state index in [1.165, 1.54) is 18.2 Å². The normalized spacial score (nSPS) is 12.6. The molecule has 120 valence electrons. The van der Waals surface area contributed by atoms with Gasteiger partial charge in [-0.15, -0.1) is 0 Å². The van der Waals surface area contributed by atoms with Crippen LogP contribution in [0.25, 0.3) is 0 Å². The molecule has 1 rings (SSSR count). The molecule has 0 radical (unpaired) electrons. The number of benzene rings is 1. The maximum absolute atomic E-state index is 13.7. The minimum absolute atomic E-state index is 0.0981. The van der Waals surface area contributed by atoms with Crippen LogP contribution in [0.15, 0.2) is 23.1 Å². The van der Waals surface area contributed by atoms with Crippen LogP contribution < -0.4 is 10.0 Å². The second-order valence-corrected chi connectivity index (χ2v) is 7.46. The van der Waals surface area contributed by atoms with Crippen molar-refractivity contribution in [2.24, 2.45) is 0 Å². The lowest BCUT2D eigenvalue weighted by Crippen LogP contribution is -2.43. The fourth-order valence-corrected chi connectivity index (χ4v) is 3.70. The van der Waals surface area contributed by atoms with Crippen LogP contribution in [0, 0.1) is 5.82 Å². The van der Waals surface area contributed by atoms with E-state index in [-0.39, 0.29) is 4.90 Å². The summed E-state index contributed by atoms with van der Waals surface area (Å²) in [6.45, 7) is 8.60. The lowest BCUT2D eigenvalue weighted by molar-refractivity contribution is 0.417. The minimum atomic E-state index is -3.65. The largest absolute Gasteiger partial charge is 0.313 e. The van der Waals surface area contributed by atoms with Gasteiger partial charge in [-0.25, -0.2) is 17.5 Å². The molecule has 1 aromatic rings. The smallest absolute Gasteiger partial charge is 0.241 e. The van der Waals surface area contributed by atoms with E-state index in [0.29, 0.717) is 18.7 Å². The highest BCUT2D eigenvalue weighted by molar-refractivity contribution is 7.89. The maximum Gasteiger partial charge on any atom is 0.241 e. The molecule has 0 unspecified atom stereocenters. The summed E-state index contributed by atoms with van der Waals surface area (Å²) in [6, 6.07) is 3.89. The summed E-state index contributed by atoms with van der Waals surface area (Å²) in [5.41, 5.74) is -0.169. The number of nitrogens with one attached hydrogen (secondary N) is 2. The van der Waals surface area contributed by atoms with Crippen LogP contribution in [0.2, 0.25) is 0 Å². The molecule has 0 atom stereocenters. The van der Waals surface area contributed by atoms with Crippen molar-refractivity contribution in [2.45, 2.75) is 57.5 Å². The third kappa shape index (κ3) is 5.37. The van der Waals surface area contributed by atoms with Crippen molar-refractivity contribution in [3.63, 3.8) is 0 Å². The standard InChI is InChI=1S/C15H25FN2O2S/c1-5-9-15(3,4)18-21(19,20)13-7-8-14(16)12(10-13)11-17-6-2/h7-8,10,17-18H,5-6,9,11H2,1-4H3. The first-order valence-corrected chi connectivity index (χ1v) is 8.73. The third-order valence-corrected chi connectivity index (χ3v) is 4.87. The van der Waals surface area contributed by atoms with Crippen LogP contribution in [-0.2, 0) is 16.6 Å². The van der Waals surface area contributed by atoms with Crippen molar-refractivity contribution in [1.29, 1.82) is 0 Å². The Kier molecular flexibility index (Phi) is 6.31. The monoisotopic (exact) mass is 316 g/mol. The average Bonchev–Trinajstić information content (AvgIpc) is 2.36. The summed E-state index contributed by atoms with van der Waals surface area (Å²) in [4.78, 5) is 0.0981. The first-order valence-electron chi connectivity index (χ1n) is 7.25. The van der Waals surface area contributed by atoms with Crippen LogP contribution >= 0.6 is 0 Å². The summed E-state index contributed by atoms with van der Waals surface area (Å²) >= 11 is 0. The fourth-order valence-electron chi connectivity index (χ4n) is 2.21. The molecule has 0 aliphatic carbocycles. The maximum atomic E-state index is 13.7. The van der Waals surface area contributed by atoms with Gasteiger partial charge in [-0.05, 0) is 45.0 Å². The molecule has 0 aromatic heterocycles. The number of sulfonamides is 1. The zero-order valence-corrected chi connectivity index (χ0v) is 14.0. The van der Waals surface area contributed by atoms with Gasteiger partial charge in [0.15, 0.2) is 0 Å². The SMILES string of the molecule is CCCC(C)(C)NS(=O)(=O)c1ccc(F)c(CNCC)c1. The van der Waals surface area contributed by atoms with E-state index >= 15 is 0 Å². The fraction of sp³-hybridized carbons (Fsp3) is 0.600. The predicted octanol–water partition coefficient (Wildman–Crippen LogP) is 2.79. The van der Waals surface area contributed by atoms with E-state index in [1.54, 1.807) is 0 Å². The van der Waals surface area contributed by atoms with E-state index < -0.39 is 21.4 Å². The van der Waals surface area contributed by atoms with E-state index in [1.807, 2.05) is 27.7 Å². The van der Waals surface area contributed by atoms with Gasteiger partial charge < -0.3 is 5.32 Å². The van der Waals surface area contributed by atoms with Crippen LogP contribution in [0.1, 0.15) is 46.1 Å². The molecular formula is C15H25FN2O2S. The van der Waals surface area contributed by atoms with Gasteiger partial charge in [-0.2, -0.15) is 0 Å². The molecule has 6 heteroatoms. The number of hydrogen-bond acceptors (Lipinski definition) is 3. The first-order chi connectivity index (χ1) is 9.72. The van der Waals surface area contributed by atoms with Gasteiger partial charge in [0.05, 0.1) is 4.90 Å². The van der Waals surface area contributed by atoms with Gasteiger partial charge in [-0.1, -0.05) is 20.3 Å². The summed E-state index contributed by atoms with van der Waals surface area (Å²) in [7, 11) is -3.65. The highest BCUT2D eigenvalue weighted by atomic mass is 32.2. The number of rotatable bonds is 8. The Balaban J connectivity index is 3.03. The molecule has 0 spiro atoms. The van der Waals surface area contributed by atoms with Gasteiger partial charge in [0.25, 0.3) is 0 Å². The molecule has 21 heavy (non-hydrogen) atoms. The van der Waals surface area contributed by atoms with E-state index in [9.17, 15) is 12.8 Å². The molecule has 0 fully saturated rings. The van der Waals surface area contributed by atoms with Gasteiger partial charge in [0.2, 0.25) is 10.0 Å². The van der Waals surface area contributed by atoms with Gasteiger partial charge in [-0.3, -0.25) is 0 Å². The Morgan fingerprint density at radius 1 is 1.24 bits per heavy atom. The summed E-state index contributed by atoms with van der Waals surface area (Å²) < 4.78 is 41.2. The van der Waals surface area contributed by atoms with Crippen molar-refractivity contribution < 1.29 is 12.8 Å². The van der Waals surface area contributed by atoms with Crippen LogP contribution in [-0.4, -0.2) is 20.5 Å². The van der Waals surface area contributed by atoms with Crippen molar-refractivity contribution in [3.8, 4) is 0 Å². The molecule has 0 bridgehead atoms. The molecule has 1 aromatic carbocycles. The molecule has 0 saturated carbocycles.